The Hall–Kier alpha value is -1.81. The van der Waals surface area contributed by atoms with Gasteiger partial charge in [-0.15, -0.1) is 11.3 Å². The highest BCUT2D eigenvalue weighted by molar-refractivity contribution is 7.19. The molecule has 2 aromatic heterocycles. The molecule has 0 spiro atoms. The normalized spacial score (nSPS) is 11.1. The van der Waals surface area contributed by atoms with E-state index in [4.69, 9.17) is 5.73 Å². The fraction of sp³-hybridized carbons (Fsp3) is 0.154. The summed E-state index contributed by atoms with van der Waals surface area (Å²) in [6.45, 7) is 2.15. The van der Waals surface area contributed by atoms with Crippen molar-refractivity contribution < 1.29 is 0 Å². The zero-order valence-corrected chi connectivity index (χ0v) is 10.3. The van der Waals surface area contributed by atoms with E-state index in [1.165, 1.54) is 5.56 Å². The molecule has 3 rings (SSSR count). The molecule has 0 aliphatic rings. The van der Waals surface area contributed by atoms with Crippen LogP contribution < -0.4 is 5.73 Å². The van der Waals surface area contributed by atoms with Crippen LogP contribution in [0.4, 0.5) is 5.00 Å². The summed E-state index contributed by atoms with van der Waals surface area (Å²) in [4.78, 5) is 8.99. The molecule has 2 heterocycles. The minimum absolute atomic E-state index is 0.815. The first kappa shape index (κ1) is 10.4. The Morgan fingerprint density at radius 2 is 2.18 bits per heavy atom. The van der Waals surface area contributed by atoms with Crippen molar-refractivity contribution in [2.75, 3.05) is 5.73 Å². The average molecular weight is 243 g/mol. The summed E-state index contributed by atoms with van der Waals surface area (Å²) < 4.78 is 0. The Morgan fingerprint density at radius 1 is 1.29 bits per heavy atom. The molecular formula is C13H13N3S. The van der Waals surface area contributed by atoms with Crippen LogP contribution in [0.15, 0.2) is 30.3 Å². The topological polar surface area (TPSA) is 54.7 Å². The van der Waals surface area contributed by atoms with Crippen molar-refractivity contribution in [1.82, 2.24) is 9.97 Å². The molecule has 0 radical (unpaired) electrons. The number of nitrogens with one attached hydrogen (secondary N) is 1. The second-order valence-corrected chi connectivity index (χ2v) is 5.11. The number of benzene rings is 1. The SMILES string of the molecule is CCc1ccc2nc(-c3ccc(N)s3)[nH]c2c1. The van der Waals surface area contributed by atoms with Crippen LogP contribution in [0.5, 0.6) is 0 Å². The average Bonchev–Trinajstić information content (AvgIpc) is 2.93. The second kappa shape index (κ2) is 3.89. The lowest BCUT2D eigenvalue weighted by molar-refractivity contribution is 1.14. The zero-order valence-electron chi connectivity index (χ0n) is 9.53. The molecule has 3 aromatic rings. The fourth-order valence-electron chi connectivity index (χ4n) is 1.87. The van der Waals surface area contributed by atoms with Crippen LogP contribution in [-0.4, -0.2) is 9.97 Å². The number of H-pyrrole nitrogens is 1. The molecule has 86 valence electrons. The Morgan fingerprint density at radius 3 is 2.88 bits per heavy atom. The fourth-order valence-corrected chi connectivity index (χ4v) is 2.59. The molecule has 3 nitrogen and oxygen atoms in total. The summed E-state index contributed by atoms with van der Waals surface area (Å²) in [6.07, 6.45) is 1.04. The zero-order chi connectivity index (χ0) is 11.8. The van der Waals surface area contributed by atoms with Gasteiger partial charge < -0.3 is 10.7 Å². The molecule has 0 fully saturated rings. The van der Waals surface area contributed by atoms with Crippen LogP contribution in [0, 0.1) is 0 Å². The summed E-state index contributed by atoms with van der Waals surface area (Å²) in [5.41, 5.74) is 9.14. The van der Waals surface area contributed by atoms with Gasteiger partial charge in [-0.25, -0.2) is 4.98 Å². The lowest BCUT2D eigenvalue weighted by Crippen LogP contribution is -1.78. The Kier molecular flexibility index (Phi) is 2.37. The highest BCUT2D eigenvalue weighted by atomic mass is 32.1. The number of thiophene rings is 1. The molecule has 0 saturated carbocycles. The molecule has 0 saturated heterocycles. The van der Waals surface area contributed by atoms with Crippen LogP contribution in [0.2, 0.25) is 0 Å². The van der Waals surface area contributed by atoms with E-state index in [1.807, 2.05) is 12.1 Å². The third kappa shape index (κ3) is 1.80. The Balaban J connectivity index is 2.13. The maximum atomic E-state index is 5.73. The first-order valence-corrected chi connectivity index (χ1v) is 6.42. The minimum atomic E-state index is 0.815. The van der Waals surface area contributed by atoms with Crippen molar-refractivity contribution >= 4 is 27.4 Å². The van der Waals surface area contributed by atoms with E-state index < -0.39 is 0 Å². The molecule has 0 aliphatic heterocycles. The largest absolute Gasteiger partial charge is 0.391 e. The smallest absolute Gasteiger partial charge is 0.148 e. The van der Waals surface area contributed by atoms with Gasteiger partial charge in [0.1, 0.15) is 5.82 Å². The number of anilines is 1. The molecule has 0 atom stereocenters. The van der Waals surface area contributed by atoms with Gasteiger partial charge in [-0.05, 0) is 36.2 Å². The number of aromatic amines is 1. The number of nitrogen functional groups attached to an aromatic ring is 1. The molecule has 0 aliphatic carbocycles. The molecule has 0 bridgehead atoms. The second-order valence-electron chi connectivity index (χ2n) is 3.99. The van der Waals surface area contributed by atoms with Gasteiger partial charge in [0.25, 0.3) is 0 Å². The number of aryl methyl sites for hydroxylation is 1. The van der Waals surface area contributed by atoms with Gasteiger partial charge >= 0.3 is 0 Å². The number of nitrogens with two attached hydrogens (primary N) is 1. The molecule has 0 amide bonds. The molecule has 4 heteroatoms. The minimum Gasteiger partial charge on any atom is -0.391 e. The first-order chi connectivity index (χ1) is 8.26. The predicted octanol–water partition coefficient (Wildman–Crippen LogP) is 3.44. The summed E-state index contributed by atoms with van der Waals surface area (Å²) in [5.74, 6) is 0.898. The number of rotatable bonds is 2. The number of hydrogen-bond donors (Lipinski definition) is 2. The molecule has 0 unspecified atom stereocenters. The van der Waals surface area contributed by atoms with Crippen molar-refractivity contribution in [3.8, 4) is 10.7 Å². The highest BCUT2D eigenvalue weighted by Crippen LogP contribution is 2.29. The number of fused-ring (bicyclic) bond motifs is 1. The number of imidazole rings is 1. The van der Waals surface area contributed by atoms with Gasteiger partial charge in [0.05, 0.1) is 20.9 Å². The van der Waals surface area contributed by atoms with Crippen LogP contribution in [-0.2, 0) is 6.42 Å². The van der Waals surface area contributed by atoms with Crippen molar-refractivity contribution in [3.63, 3.8) is 0 Å². The molecular weight excluding hydrogens is 230 g/mol. The van der Waals surface area contributed by atoms with Crippen LogP contribution in [0.25, 0.3) is 21.7 Å². The number of nitrogens with zero attached hydrogens (tertiary/aromatic N) is 1. The first-order valence-electron chi connectivity index (χ1n) is 5.60. The van der Waals surface area contributed by atoms with Gasteiger partial charge in [0.15, 0.2) is 0 Å². The van der Waals surface area contributed by atoms with E-state index in [9.17, 15) is 0 Å². The maximum Gasteiger partial charge on any atom is 0.148 e. The Bertz CT molecular complexity index is 666. The summed E-state index contributed by atoms with van der Waals surface area (Å²) in [6, 6.07) is 10.2. The van der Waals surface area contributed by atoms with Crippen molar-refractivity contribution in [1.29, 1.82) is 0 Å². The monoisotopic (exact) mass is 243 g/mol. The molecule has 1 aromatic carbocycles. The van der Waals surface area contributed by atoms with Crippen LogP contribution in [0.1, 0.15) is 12.5 Å². The molecule has 17 heavy (non-hydrogen) atoms. The van der Waals surface area contributed by atoms with Crippen LogP contribution in [0.3, 0.4) is 0 Å². The third-order valence-corrected chi connectivity index (χ3v) is 3.74. The maximum absolute atomic E-state index is 5.73. The quantitative estimate of drug-likeness (QED) is 0.724. The van der Waals surface area contributed by atoms with Gasteiger partial charge in [0.2, 0.25) is 0 Å². The van der Waals surface area contributed by atoms with Gasteiger partial charge in [-0.1, -0.05) is 13.0 Å². The Labute approximate surface area is 103 Å². The predicted molar refractivity (Wildman–Crippen MR) is 73.2 cm³/mol. The van der Waals surface area contributed by atoms with Gasteiger partial charge in [-0.3, -0.25) is 0 Å². The number of aromatic nitrogens is 2. The van der Waals surface area contributed by atoms with Crippen molar-refractivity contribution in [3.05, 3.63) is 35.9 Å². The highest BCUT2D eigenvalue weighted by Gasteiger charge is 2.07. The van der Waals surface area contributed by atoms with Gasteiger partial charge in [-0.2, -0.15) is 0 Å². The molecule has 3 N–H and O–H groups in total. The van der Waals surface area contributed by atoms with E-state index in [0.29, 0.717) is 0 Å². The summed E-state index contributed by atoms with van der Waals surface area (Å²) in [5, 5.41) is 0.815. The summed E-state index contributed by atoms with van der Waals surface area (Å²) in [7, 11) is 0. The standard InChI is InChI=1S/C13H13N3S/c1-2-8-3-4-9-10(7-8)16-13(15-9)11-5-6-12(14)17-11/h3-7H,2,14H2,1H3,(H,15,16). The van der Waals surface area contributed by atoms with Crippen molar-refractivity contribution in [2.45, 2.75) is 13.3 Å². The summed E-state index contributed by atoms with van der Waals surface area (Å²) >= 11 is 1.55. The van der Waals surface area contributed by atoms with E-state index in [-0.39, 0.29) is 0 Å². The number of hydrogen-bond acceptors (Lipinski definition) is 3. The van der Waals surface area contributed by atoms with Crippen molar-refractivity contribution in [2.24, 2.45) is 0 Å². The van der Waals surface area contributed by atoms with E-state index >= 15 is 0 Å². The lowest BCUT2D eigenvalue weighted by Gasteiger charge is -1.93. The van der Waals surface area contributed by atoms with Crippen LogP contribution >= 0.6 is 11.3 Å². The van der Waals surface area contributed by atoms with E-state index in [0.717, 1.165) is 33.2 Å². The van der Waals surface area contributed by atoms with E-state index in [1.54, 1.807) is 11.3 Å². The third-order valence-electron chi connectivity index (χ3n) is 2.81. The van der Waals surface area contributed by atoms with E-state index in [2.05, 4.69) is 35.1 Å². The van der Waals surface area contributed by atoms with Gasteiger partial charge in [0, 0.05) is 0 Å². The lowest BCUT2D eigenvalue weighted by atomic mass is 10.1.